The molecule has 23 heavy (non-hydrogen) atoms. The third-order valence-electron chi connectivity index (χ3n) is 4.90. The molecule has 0 bridgehead atoms. The maximum atomic E-state index is 12.4. The van der Waals surface area contributed by atoms with Gasteiger partial charge in [-0.2, -0.15) is 5.10 Å². The molecule has 1 aliphatic carbocycles. The highest BCUT2D eigenvalue weighted by Gasteiger charge is 2.33. The first-order chi connectivity index (χ1) is 11.3. The molecular weight excluding hydrogens is 296 g/mol. The monoisotopic (exact) mass is 320 g/mol. The van der Waals surface area contributed by atoms with Crippen molar-refractivity contribution in [2.24, 2.45) is 0 Å². The van der Waals surface area contributed by atoms with E-state index in [1.54, 1.807) is 0 Å². The molecule has 0 unspecified atom stereocenters. The Labute approximate surface area is 135 Å². The van der Waals surface area contributed by atoms with Gasteiger partial charge >= 0.3 is 0 Å². The third-order valence-corrected chi connectivity index (χ3v) is 4.90. The first kappa shape index (κ1) is 15.1. The van der Waals surface area contributed by atoms with Crippen LogP contribution in [-0.2, 0) is 14.3 Å². The summed E-state index contributed by atoms with van der Waals surface area (Å²) in [4.78, 5) is 14.8. The van der Waals surface area contributed by atoms with Crippen molar-refractivity contribution in [2.45, 2.75) is 43.8 Å². The van der Waals surface area contributed by atoms with Crippen LogP contribution in [0.1, 0.15) is 37.2 Å². The van der Waals surface area contributed by atoms with E-state index < -0.39 is 0 Å². The van der Waals surface area contributed by atoms with Crippen molar-refractivity contribution in [1.29, 1.82) is 0 Å². The molecule has 2 N–H and O–H groups in total. The molecule has 2 aliphatic heterocycles. The van der Waals surface area contributed by atoms with E-state index in [1.807, 2.05) is 6.20 Å². The largest absolute Gasteiger partial charge is 0.379 e. The van der Waals surface area contributed by atoms with Gasteiger partial charge in [0, 0.05) is 25.2 Å². The van der Waals surface area contributed by atoms with Crippen LogP contribution < -0.4 is 5.32 Å². The number of nitrogens with zero attached hydrogens (tertiary/aromatic N) is 2. The van der Waals surface area contributed by atoms with E-state index in [1.165, 1.54) is 12.8 Å². The number of carbonyl (C=O) groups excluding carboxylic acids is 1. The van der Waals surface area contributed by atoms with Crippen LogP contribution in [0, 0.1) is 0 Å². The Bertz CT molecular complexity index is 551. The highest BCUT2D eigenvalue weighted by atomic mass is 16.5. The van der Waals surface area contributed by atoms with Gasteiger partial charge in [0.15, 0.2) is 0 Å². The number of hydrogen-bond acceptors (Lipinski definition) is 5. The van der Waals surface area contributed by atoms with Gasteiger partial charge in [0.1, 0.15) is 11.9 Å². The Kier molecular flexibility index (Phi) is 4.33. The van der Waals surface area contributed by atoms with Crippen LogP contribution in [0.5, 0.6) is 0 Å². The molecule has 1 aromatic rings. The van der Waals surface area contributed by atoms with Gasteiger partial charge in [-0.1, -0.05) is 0 Å². The minimum atomic E-state index is -0.351. The van der Waals surface area contributed by atoms with Crippen molar-refractivity contribution < 1.29 is 14.3 Å². The lowest BCUT2D eigenvalue weighted by molar-refractivity contribution is -0.127. The van der Waals surface area contributed by atoms with E-state index in [9.17, 15) is 4.79 Å². The zero-order chi connectivity index (χ0) is 15.6. The van der Waals surface area contributed by atoms with Crippen molar-refractivity contribution in [3.8, 4) is 0 Å². The summed E-state index contributed by atoms with van der Waals surface area (Å²) in [5.74, 6) is 1.25. The van der Waals surface area contributed by atoms with E-state index in [-0.39, 0.29) is 18.1 Å². The van der Waals surface area contributed by atoms with Crippen molar-refractivity contribution >= 4 is 11.7 Å². The summed E-state index contributed by atoms with van der Waals surface area (Å²) in [6.07, 6.45) is 5.71. The smallest absolute Gasteiger partial charge is 0.254 e. The molecule has 7 nitrogen and oxygen atoms in total. The minimum Gasteiger partial charge on any atom is -0.379 e. The van der Waals surface area contributed by atoms with Gasteiger partial charge in [-0.3, -0.25) is 14.8 Å². The highest BCUT2D eigenvalue weighted by molar-refractivity contribution is 5.94. The van der Waals surface area contributed by atoms with Crippen LogP contribution >= 0.6 is 0 Å². The molecule has 0 spiro atoms. The molecule has 0 radical (unpaired) electrons. The van der Waals surface area contributed by atoms with Gasteiger partial charge in [-0.05, 0) is 31.6 Å². The van der Waals surface area contributed by atoms with Crippen LogP contribution in [-0.4, -0.2) is 66.1 Å². The van der Waals surface area contributed by atoms with Gasteiger partial charge in [0.05, 0.1) is 25.5 Å². The van der Waals surface area contributed by atoms with Crippen molar-refractivity contribution in [3.63, 3.8) is 0 Å². The summed E-state index contributed by atoms with van der Waals surface area (Å²) in [7, 11) is 0. The number of anilines is 1. The molecule has 1 aromatic heterocycles. The first-order valence-electron chi connectivity index (χ1n) is 8.59. The predicted octanol–water partition coefficient (Wildman–Crippen LogP) is 1.11. The maximum Gasteiger partial charge on any atom is 0.254 e. The number of hydrogen-bond donors (Lipinski definition) is 2. The molecule has 126 valence electrons. The summed E-state index contributed by atoms with van der Waals surface area (Å²) in [5, 5.41) is 9.92. The summed E-state index contributed by atoms with van der Waals surface area (Å²) >= 11 is 0. The van der Waals surface area contributed by atoms with Gasteiger partial charge in [0.2, 0.25) is 0 Å². The van der Waals surface area contributed by atoms with E-state index in [0.29, 0.717) is 5.92 Å². The number of ether oxygens (including phenoxy) is 2. The standard InChI is InChI=1S/C16H24N4O3/c21-16(18-15-13(9-17-19-15)11-1-2-11)14-4-3-12(23-14)10-20-5-7-22-8-6-20/h9,11-12,14H,1-8,10H2,(H2,17,18,19,21)/t12-,14+/m1/s1. The fraction of sp³-hybridized carbons (Fsp3) is 0.750. The zero-order valence-corrected chi connectivity index (χ0v) is 13.3. The van der Waals surface area contributed by atoms with Crippen molar-refractivity contribution in [2.75, 3.05) is 38.2 Å². The van der Waals surface area contributed by atoms with Crippen LogP contribution in [0.3, 0.4) is 0 Å². The van der Waals surface area contributed by atoms with E-state index in [0.717, 1.165) is 57.1 Å². The SMILES string of the molecule is O=C(Nc1[nH]ncc1C1CC1)[C@@H]1CC[C@H](CN2CCOCC2)O1. The van der Waals surface area contributed by atoms with Gasteiger partial charge in [0.25, 0.3) is 5.91 Å². The van der Waals surface area contributed by atoms with Gasteiger partial charge < -0.3 is 14.8 Å². The Balaban J connectivity index is 1.28. The Morgan fingerprint density at radius 1 is 1.30 bits per heavy atom. The summed E-state index contributed by atoms with van der Waals surface area (Å²) in [6.45, 7) is 4.39. The number of amides is 1. The minimum absolute atomic E-state index is 0.0550. The van der Waals surface area contributed by atoms with Crippen molar-refractivity contribution in [3.05, 3.63) is 11.8 Å². The quantitative estimate of drug-likeness (QED) is 0.849. The summed E-state index contributed by atoms with van der Waals surface area (Å²) < 4.78 is 11.3. The van der Waals surface area contributed by atoms with Crippen LogP contribution in [0.25, 0.3) is 0 Å². The number of nitrogens with one attached hydrogen (secondary N) is 2. The van der Waals surface area contributed by atoms with E-state index in [4.69, 9.17) is 9.47 Å². The highest BCUT2D eigenvalue weighted by Crippen LogP contribution is 2.42. The second-order valence-corrected chi connectivity index (χ2v) is 6.70. The zero-order valence-electron chi connectivity index (χ0n) is 13.3. The molecule has 2 atom stereocenters. The molecule has 4 rings (SSSR count). The van der Waals surface area contributed by atoms with E-state index >= 15 is 0 Å². The molecule has 0 aromatic carbocycles. The van der Waals surface area contributed by atoms with Crippen LogP contribution in [0.4, 0.5) is 5.82 Å². The average molecular weight is 320 g/mol. The lowest BCUT2D eigenvalue weighted by Crippen LogP contribution is -2.41. The second kappa shape index (κ2) is 6.59. The average Bonchev–Trinajstić information content (AvgIpc) is 3.12. The number of rotatable bonds is 5. The summed E-state index contributed by atoms with van der Waals surface area (Å²) in [6, 6.07) is 0. The summed E-state index contributed by atoms with van der Waals surface area (Å²) in [5.41, 5.74) is 1.13. The number of aromatic amines is 1. The van der Waals surface area contributed by atoms with E-state index in [2.05, 4.69) is 20.4 Å². The van der Waals surface area contributed by atoms with Gasteiger partial charge in [-0.25, -0.2) is 0 Å². The number of aromatic nitrogens is 2. The number of morpholine rings is 1. The molecule has 2 saturated heterocycles. The molecule has 1 saturated carbocycles. The lowest BCUT2D eigenvalue weighted by atomic mass is 10.1. The fourth-order valence-corrected chi connectivity index (χ4v) is 3.41. The molecule has 3 fully saturated rings. The first-order valence-corrected chi connectivity index (χ1v) is 8.59. The van der Waals surface area contributed by atoms with Crippen molar-refractivity contribution in [1.82, 2.24) is 15.1 Å². The molecular formula is C16H24N4O3. The third kappa shape index (κ3) is 3.57. The fourth-order valence-electron chi connectivity index (χ4n) is 3.41. The Hall–Kier alpha value is -1.44. The number of carbonyl (C=O) groups is 1. The molecule has 3 aliphatic rings. The van der Waals surface area contributed by atoms with Crippen LogP contribution in [0.15, 0.2) is 6.20 Å². The maximum absolute atomic E-state index is 12.4. The van der Waals surface area contributed by atoms with Gasteiger partial charge in [-0.15, -0.1) is 0 Å². The topological polar surface area (TPSA) is 79.5 Å². The number of H-pyrrole nitrogens is 1. The molecule has 7 heteroatoms. The van der Waals surface area contributed by atoms with Crippen LogP contribution in [0.2, 0.25) is 0 Å². The Morgan fingerprint density at radius 2 is 2.13 bits per heavy atom. The second-order valence-electron chi connectivity index (χ2n) is 6.70. The lowest BCUT2D eigenvalue weighted by Gasteiger charge is -2.28. The predicted molar refractivity (Wildman–Crippen MR) is 84.3 cm³/mol. The normalized spacial score (nSPS) is 28.9. The Morgan fingerprint density at radius 3 is 2.91 bits per heavy atom. The molecule has 3 heterocycles. The molecule has 1 amide bonds.